The number of imidazole rings is 1. The largest absolute Gasteiger partial charge is 0.460 e. The molecule has 0 fully saturated rings. The summed E-state index contributed by atoms with van der Waals surface area (Å²) in [5.74, 6) is -0.129. The Morgan fingerprint density at radius 2 is 2.50 bits per heavy atom. The van der Waals surface area contributed by atoms with Gasteiger partial charge >= 0.3 is 5.97 Å². The Labute approximate surface area is 82.3 Å². The molecular weight excluding hydrogens is 184 g/mol. The summed E-state index contributed by atoms with van der Waals surface area (Å²) in [5, 5.41) is 8.65. The standard InChI is InChI=1S/C9H14N2O3/c1-2-14-9(13)8-10-4-6-11(8)5-3-7-12/h4,6,12H,2-3,5,7H2,1H3. The lowest BCUT2D eigenvalue weighted by atomic mass is 10.4. The first-order chi connectivity index (χ1) is 6.79. The summed E-state index contributed by atoms with van der Waals surface area (Å²) in [6.07, 6.45) is 3.84. The van der Waals surface area contributed by atoms with Crippen LogP contribution in [0, 0.1) is 0 Å². The van der Waals surface area contributed by atoms with Crippen LogP contribution in [0.4, 0.5) is 0 Å². The first-order valence-electron chi connectivity index (χ1n) is 4.58. The van der Waals surface area contributed by atoms with Crippen LogP contribution in [0.5, 0.6) is 0 Å². The normalized spacial score (nSPS) is 10.1. The van der Waals surface area contributed by atoms with Gasteiger partial charge in [-0.1, -0.05) is 0 Å². The molecule has 0 bridgehead atoms. The van der Waals surface area contributed by atoms with Crippen molar-refractivity contribution in [1.82, 2.24) is 9.55 Å². The molecule has 5 nitrogen and oxygen atoms in total. The van der Waals surface area contributed by atoms with Crippen LogP contribution >= 0.6 is 0 Å². The van der Waals surface area contributed by atoms with Crippen molar-refractivity contribution in [2.24, 2.45) is 0 Å². The number of aromatic nitrogens is 2. The zero-order valence-electron chi connectivity index (χ0n) is 8.14. The van der Waals surface area contributed by atoms with Crippen LogP contribution in [0.2, 0.25) is 0 Å². The van der Waals surface area contributed by atoms with Gasteiger partial charge in [0.2, 0.25) is 5.82 Å². The van der Waals surface area contributed by atoms with E-state index in [9.17, 15) is 4.79 Å². The number of aryl methyl sites for hydroxylation is 1. The molecule has 14 heavy (non-hydrogen) atoms. The number of aliphatic hydroxyl groups excluding tert-OH is 1. The van der Waals surface area contributed by atoms with E-state index < -0.39 is 5.97 Å². The number of hydrogen-bond acceptors (Lipinski definition) is 4. The minimum Gasteiger partial charge on any atom is -0.460 e. The average Bonchev–Trinajstić information content (AvgIpc) is 2.63. The lowest BCUT2D eigenvalue weighted by Crippen LogP contribution is -2.13. The van der Waals surface area contributed by atoms with Crippen LogP contribution in [0.3, 0.4) is 0 Å². The van der Waals surface area contributed by atoms with Crippen LogP contribution in [0.25, 0.3) is 0 Å². The summed E-state index contributed by atoms with van der Waals surface area (Å²) in [5.41, 5.74) is 0. The lowest BCUT2D eigenvalue weighted by Gasteiger charge is -2.05. The summed E-state index contributed by atoms with van der Waals surface area (Å²) < 4.78 is 6.50. The van der Waals surface area contributed by atoms with Crippen molar-refractivity contribution < 1.29 is 14.6 Å². The molecule has 0 amide bonds. The number of nitrogens with zero attached hydrogens (tertiary/aromatic N) is 2. The summed E-state index contributed by atoms with van der Waals surface area (Å²) >= 11 is 0. The molecule has 0 spiro atoms. The number of ether oxygens (including phenoxy) is 1. The zero-order chi connectivity index (χ0) is 10.4. The molecule has 1 rings (SSSR count). The van der Waals surface area contributed by atoms with E-state index in [-0.39, 0.29) is 6.61 Å². The molecular formula is C9H14N2O3. The van der Waals surface area contributed by atoms with Crippen LogP contribution in [-0.2, 0) is 11.3 Å². The summed E-state index contributed by atoms with van der Waals surface area (Å²) in [4.78, 5) is 15.2. The summed E-state index contributed by atoms with van der Waals surface area (Å²) in [6.45, 7) is 2.76. The predicted octanol–water partition coefficient (Wildman–Crippen LogP) is 0.442. The van der Waals surface area contributed by atoms with Gasteiger partial charge in [-0.05, 0) is 13.3 Å². The van der Waals surface area contributed by atoms with Gasteiger partial charge in [0.05, 0.1) is 6.61 Å². The van der Waals surface area contributed by atoms with E-state index in [1.807, 2.05) is 0 Å². The number of carbonyl (C=O) groups is 1. The van der Waals surface area contributed by atoms with Gasteiger partial charge in [0.15, 0.2) is 0 Å². The van der Waals surface area contributed by atoms with Crippen molar-refractivity contribution in [3.05, 3.63) is 18.2 Å². The van der Waals surface area contributed by atoms with Gasteiger partial charge in [-0.3, -0.25) is 0 Å². The Hall–Kier alpha value is -1.36. The van der Waals surface area contributed by atoms with Crippen molar-refractivity contribution >= 4 is 5.97 Å². The highest BCUT2D eigenvalue weighted by Gasteiger charge is 2.12. The van der Waals surface area contributed by atoms with Gasteiger partial charge in [0.25, 0.3) is 0 Å². The molecule has 0 aliphatic rings. The van der Waals surface area contributed by atoms with Crippen molar-refractivity contribution in [3.8, 4) is 0 Å². The first-order valence-corrected chi connectivity index (χ1v) is 4.58. The maximum Gasteiger partial charge on any atom is 0.374 e. The van der Waals surface area contributed by atoms with E-state index in [4.69, 9.17) is 9.84 Å². The maximum atomic E-state index is 11.3. The van der Waals surface area contributed by atoms with Gasteiger partial charge in [-0.15, -0.1) is 0 Å². The molecule has 0 aliphatic heterocycles. The van der Waals surface area contributed by atoms with Gasteiger partial charge in [0, 0.05) is 25.5 Å². The predicted molar refractivity (Wildman–Crippen MR) is 49.9 cm³/mol. The zero-order valence-corrected chi connectivity index (χ0v) is 8.14. The number of hydrogen-bond donors (Lipinski definition) is 1. The second-order valence-electron chi connectivity index (χ2n) is 2.74. The Bertz CT molecular complexity index is 296. The summed E-state index contributed by atoms with van der Waals surface area (Å²) in [7, 11) is 0. The van der Waals surface area contributed by atoms with E-state index in [1.54, 1.807) is 23.9 Å². The summed E-state index contributed by atoms with van der Waals surface area (Å²) in [6, 6.07) is 0. The topological polar surface area (TPSA) is 64.3 Å². The minimum atomic E-state index is -0.421. The Kier molecular flexibility index (Phi) is 4.12. The fourth-order valence-electron chi connectivity index (χ4n) is 1.12. The third kappa shape index (κ3) is 2.56. The van der Waals surface area contributed by atoms with Crippen LogP contribution < -0.4 is 0 Å². The van der Waals surface area contributed by atoms with Crippen molar-refractivity contribution in [2.45, 2.75) is 19.9 Å². The van der Waals surface area contributed by atoms with Gasteiger partial charge in [-0.25, -0.2) is 9.78 Å². The molecule has 0 atom stereocenters. The Morgan fingerprint density at radius 1 is 1.71 bits per heavy atom. The average molecular weight is 198 g/mol. The lowest BCUT2D eigenvalue weighted by molar-refractivity contribution is 0.0505. The second-order valence-corrected chi connectivity index (χ2v) is 2.74. The molecule has 0 radical (unpaired) electrons. The van der Waals surface area contributed by atoms with Crippen LogP contribution in [-0.4, -0.2) is 33.8 Å². The molecule has 0 saturated heterocycles. The minimum absolute atomic E-state index is 0.0977. The van der Waals surface area contributed by atoms with E-state index >= 15 is 0 Å². The molecule has 0 aromatic carbocycles. The highest BCUT2D eigenvalue weighted by atomic mass is 16.5. The van der Waals surface area contributed by atoms with Gasteiger partial charge in [0.1, 0.15) is 0 Å². The van der Waals surface area contributed by atoms with E-state index in [1.165, 1.54) is 0 Å². The quantitative estimate of drug-likeness (QED) is 0.697. The van der Waals surface area contributed by atoms with Gasteiger partial charge < -0.3 is 14.4 Å². The molecule has 5 heteroatoms. The van der Waals surface area contributed by atoms with Crippen molar-refractivity contribution in [1.29, 1.82) is 0 Å². The van der Waals surface area contributed by atoms with E-state index in [0.29, 0.717) is 25.4 Å². The smallest absolute Gasteiger partial charge is 0.374 e. The Morgan fingerprint density at radius 3 is 3.14 bits per heavy atom. The molecule has 0 unspecified atom stereocenters. The molecule has 0 aliphatic carbocycles. The fourth-order valence-corrected chi connectivity index (χ4v) is 1.12. The second kappa shape index (κ2) is 5.39. The SMILES string of the molecule is CCOC(=O)c1nccn1CCCO. The van der Waals surface area contributed by atoms with E-state index in [2.05, 4.69) is 4.98 Å². The number of aliphatic hydroxyl groups is 1. The highest BCUT2D eigenvalue weighted by molar-refractivity contribution is 5.85. The Balaban J connectivity index is 2.66. The molecule has 1 N–H and O–H groups in total. The third-order valence-electron chi connectivity index (χ3n) is 1.73. The first kappa shape index (κ1) is 10.7. The molecule has 1 aromatic heterocycles. The number of carbonyl (C=O) groups excluding carboxylic acids is 1. The van der Waals surface area contributed by atoms with Crippen LogP contribution in [0.1, 0.15) is 24.0 Å². The van der Waals surface area contributed by atoms with E-state index in [0.717, 1.165) is 0 Å². The monoisotopic (exact) mass is 198 g/mol. The maximum absolute atomic E-state index is 11.3. The fraction of sp³-hybridized carbons (Fsp3) is 0.556. The molecule has 78 valence electrons. The molecule has 1 heterocycles. The van der Waals surface area contributed by atoms with Gasteiger partial charge in [-0.2, -0.15) is 0 Å². The van der Waals surface area contributed by atoms with Crippen molar-refractivity contribution in [3.63, 3.8) is 0 Å². The molecule has 0 saturated carbocycles. The number of esters is 1. The van der Waals surface area contributed by atoms with Crippen LogP contribution in [0.15, 0.2) is 12.4 Å². The third-order valence-corrected chi connectivity index (χ3v) is 1.73. The highest BCUT2D eigenvalue weighted by Crippen LogP contribution is 2.01. The molecule has 1 aromatic rings. The number of rotatable bonds is 5. The van der Waals surface area contributed by atoms with Crippen molar-refractivity contribution in [2.75, 3.05) is 13.2 Å².